The average Bonchev–Trinajstić information content (AvgIpc) is 2.73. The van der Waals surface area contributed by atoms with Gasteiger partial charge in [-0.3, -0.25) is 14.5 Å². The summed E-state index contributed by atoms with van der Waals surface area (Å²) in [5.41, 5.74) is 6.72. The second-order valence-corrected chi connectivity index (χ2v) is 7.68. The molecular weight excluding hydrogens is 356 g/mol. The molecule has 2 aliphatic rings. The molecule has 0 bridgehead atoms. The summed E-state index contributed by atoms with van der Waals surface area (Å²) in [7, 11) is 0. The summed E-state index contributed by atoms with van der Waals surface area (Å²) in [5.74, 6) is -0.0418. The number of nitrogens with two attached hydrogens (primary N) is 1. The van der Waals surface area contributed by atoms with Gasteiger partial charge in [0, 0.05) is 45.8 Å². The summed E-state index contributed by atoms with van der Waals surface area (Å²) >= 11 is 0. The van der Waals surface area contributed by atoms with Crippen molar-refractivity contribution in [2.75, 3.05) is 45.9 Å². The van der Waals surface area contributed by atoms with E-state index in [0.29, 0.717) is 32.7 Å². The number of morpholine rings is 1. The molecule has 1 aromatic rings. The normalized spacial score (nSPS) is 23.4. The standard InChI is InChI=1S/C21H32N4O3/c22-8-9-23-21(27)18-7-4-10-25(15-18)20(26)13-19-16-24(11-12-28-19)14-17-5-2-1-3-6-17/h1-3,5-6,18-19H,4,7-16,22H2,(H,23,27). The lowest BCUT2D eigenvalue weighted by Gasteiger charge is -2.36. The van der Waals surface area contributed by atoms with Gasteiger partial charge >= 0.3 is 0 Å². The van der Waals surface area contributed by atoms with Crippen molar-refractivity contribution in [2.45, 2.75) is 31.9 Å². The van der Waals surface area contributed by atoms with Gasteiger partial charge in [0.2, 0.25) is 11.8 Å². The SMILES string of the molecule is NCCNC(=O)C1CCCN(C(=O)CC2CN(Cc3ccccc3)CCO2)C1. The lowest BCUT2D eigenvalue weighted by molar-refractivity contribution is -0.139. The molecular formula is C21H32N4O3. The van der Waals surface area contributed by atoms with Crippen LogP contribution in [-0.4, -0.2) is 73.6 Å². The molecule has 0 saturated carbocycles. The van der Waals surface area contributed by atoms with Gasteiger partial charge < -0.3 is 20.7 Å². The summed E-state index contributed by atoms with van der Waals surface area (Å²) in [5, 5.41) is 2.84. The number of hydrogen-bond donors (Lipinski definition) is 2. The summed E-state index contributed by atoms with van der Waals surface area (Å²) in [6.07, 6.45) is 1.97. The van der Waals surface area contributed by atoms with Crippen molar-refractivity contribution < 1.29 is 14.3 Å². The molecule has 28 heavy (non-hydrogen) atoms. The second-order valence-electron chi connectivity index (χ2n) is 7.68. The monoisotopic (exact) mass is 388 g/mol. The number of hydrogen-bond acceptors (Lipinski definition) is 5. The first-order valence-electron chi connectivity index (χ1n) is 10.3. The Kier molecular flexibility index (Phi) is 7.82. The molecule has 7 nitrogen and oxygen atoms in total. The van der Waals surface area contributed by atoms with Gasteiger partial charge in [-0.05, 0) is 18.4 Å². The van der Waals surface area contributed by atoms with Crippen molar-refractivity contribution in [3.8, 4) is 0 Å². The van der Waals surface area contributed by atoms with Gasteiger partial charge in [-0.1, -0.05) is 30.3 Å². The highest BCUT2D eigenvalue weighted by atomic mass is 16.5. The zero-order valence-electron chi connectivity index (χ0n) is 16.5. The van der Waals surface area contributed by atoms with Crippen LogP contribution in [0.2, 0.25) is 0 Å². The molecule has 2 amide bonds. The van der Waals surface area contributed by atoms with Crippen LogP contribution >= 0.6 is 0 Å². The van der Waals surface area contributed by atoms with Gasteiger partial charge in [-0.15, -0.1) is 0 Å². The second kappa shape index (κ2) is 10.5. The van der Waals surface area contributed by atoms with Crippen molar-refractivity contribution in [1.82, 2.24) is 15.1 Å². The molecule has 2 unspecified atom stereocenters. The number of nitrogens with one attached hydrogen (secondary N) is 1. The van der Waals surface area contributed by atoms with E-state index in [1.165, 1.54) is 5.56 Å². The van der Waals surface area contributed by atoms with Gasteiger partial charge in [-0.25, -0.2) is 0 Å². The molecule has 0 radical (unpaired) electrons. The van der Waals surface area contributed by atoms with Gasteiger partial charge in [-0.2, -0.15) is 0 Å². The molecule has 2 saturated heterocycles. The first kappa shape index (κ1) is 20.8. The molecule has 0 aromatic heterocycles. The maximum absolute atomic E-state index is 12.8. The summed E-state index contributed by atoms with van der Waals surface area (Å²) in [4.78, 5) is 29.2. The number of rotatable bonds is 7. The Bertz CT molecular complexity index is 640. The quantitative estimate of drug-likeness (QED) is 0.714. The molecule has 3 N–H and O–H groups in total. The Morgan fingerprint density at radius 3 is 2.79 bits per heavy atom. The van der Waals surface area contributed by atoms with Crippen molar-refractivity contribution in [1.29, 1.82) is 0 Å². The Labute approximate surface area is 167 Å². The Morgan fingerprint density at radius 1 is 1.18 bits per heavy atom. The predicted octanol–water partition coefficient (Wildman–Crippen LogP) is 0.591. The molecule has 0 aliphatic carbocycles. The molecule has 2 aliphatic heterocycles. The number of nitrogens with zero attached hydrogens (tertiary/aromatic N) is 2. The van der Waals surface area contributed by atoms with Crippen LogP contribution in [0.25, 0.3) is 0 Å². The number of piperidine rings is 1. The van der Waals surface area contributed by atoms with E-state index < -0.39 is 0 Å². The topological polar surface area (TPSA) is 87.9 Å². The van der Waals surface area contributed by atoms with Crippen molar-refractivity contribution in [3.05, 3.63) is 35.9 Å². The molecule has 2 heterocycles. The van der Waals surface area contributed by atoms with Gasteiger partial charge in [0.25, 0.3) is 0 Å². The molecule has 2 fully saturated rings. The number of likely N-dealkylation sites (tertiary alicyclic amines) is 1. The molecule has 1 aromatic carbocycles. The van der Waals surface area contributed by atoms with Gasteiger partial charge in [0.15, 0.2) is 0 Å². The highest BCUT2D eigenvalue weighted by Crippen LogP contribution is 2.19. The van der Waals surface area contributed by atoms with E-state index in [4.69, 9.17) is 10.5 Å². The van der Waals surface area contributed by atoms with Crippen LogP contribution in [0.3, 0.4) is 0 Å². The van der Waals surface area contributed by atoms with E-state index in [9.17, 15) is 9.59 Å². The highest BCUT2D eigenvalue weighted by molar-refractivity contribution is 5.81. The minimum atomic E-state index is -0.133. The Morgan fingerprint density at radius 2 is 2.00 bits per heavy atom. The fourth-order valence-electron chi connectivity index (χ4n) is 3.97. The van der Waals surface area contributed by atoms with E-state index in [1.807, 2.05) is 23.1 Å². The third-order valence-corrected chi connectivity index (χ3v) is 5.46. The summed E-state index contributed by atoms with van der Waals surface area (Å²) < 4.78 is 5.85. The van der Waals surface area contributed by atoms with Crippen LogP contribution < -0.4 is 11.1 Å². The number of benzene rings is 1. The van der Waals surface area contributed by atoms with E-state index in [1.54, 1.807) is 0 Å². The largest absolute Gasteiger partial charge is 0.375 e. The molecule has 2 atom stereocenters. The van der Waals surface area contributed by atoms with E-state index in [0.717, 1.165) is 39.0 Å². The third kappa shape index (κ3) is 6.02. The first-order chi connectivity index (χ1) is 13.7. The fraction of sp³-hybridized carbons (Fsp3) is 0.619. The number of ether oxygens (including phenoxy) is 1. The van der Waals surface area contributed by atoms with Gasteiger partial charge in [0.1, 0.15) is 0 Å². The Hall–Kier alpha value is -1.96. The molecule has 154 valence electrons. The van der Waals surface area contributed by atoms with Gasteiger partial charge in [0.05, 0.1) is 25.0 Å². The fourth-order valence-corrected chi connectivity index (χ4v) is 3.97. The average molecular weight is 389 g/mol. The lowest BCUT2D eigenvalue weighted by Crippen LogP contribution is -2.48. The van der Waals surface area contributed by atoms with Crippen LogP contribution in [-0.2, 0) is 20.9 Å². The number of carbonyl (C=O) groups excluding carboxylic acids is 2. The van der Waals surface area contributed by atoms with Crippen molar-refractivity contribution in [3.63, 3.8) is 0 Å². The Balaban J connectivity index is 1.47. The van der Waals surface area contributed by atoms with Crippen LogP contribution in [0.4, 0.5) is 0 Å². The minimum Gasteiger partial charge on any atom is -0.375 e. The lowest BCUT2D eigenvalue weighted by atomic mass is 9.96. The first-order valence-corrected chi connectivity index (χ1v) is 10.3. The van der Waals surface area contributed by atoms with Crippen LogP contribution in [0.1, 0.15) is 24.8 Å². The third-order valence-electron chi connectivity index (χ3n) is 5.46. The molecule has 3 rings (SSSR count). The van der Waals surface area contributed by atoms with E-state index >= 15 is 0 Å². The maximum atomic E-state index is 12.8. The van der Waals surface area contributed by atoms with Crippen molar-refractivity contribution >= 4 is 11.8 Å². The van der Waals surface area contributed by atoms with E-state index in [-0.39, 0.29) is 23.8 Å². The maximum Gasteiger partial charge on any atom is 0.225 e. The molecule has 0 spiro atoms. The zero-order valence-corrected chi connectivity index (χ0v) is 16.5. The van der Waals surface area contributed by atoms with Crippen LogP contribution in [0, 0.1) is 5.92 Å². The number of carbonyl (C=O) groups is 2. The van der Waals surface area contributed by atoms with Crippen LogP contribution in [0.5, 0.6) is 0 Å². The smallest absolute Gasteiger partial charge is 0.225 e. The minimum absolute atomic E-state index is 0.00547. The summed E-state index contributed by atoms with van der Waals surface area (Å²) in [6, 6.07) is 10.4. The van der Waals surface area contributed by atoms with Crippen molar-refractivity contribution in [2.24, 2.45) is 11.7 Å². The number of amides is 2. The zero-order chi connectivity index (χ0) is 19.8. The van der Waals surface area contributed by atoms with Crippen LogP contribution in [0.15, 0.2) is 30.3 Å². The molecule has 7 heteroatoms. The summed E-state index contributed by atoms with van der Waals surface area (Å²) in [6.45, 7) is 5.30. The predicted molar refractivity (Wildman–Crippen MR) is 107 cm³/mol. The highest BCUT2D eigenvalue weighted by Gasteiger charge is 2.30. The van der Waals surface area contributed by atoms with E-state index in [2.05, 4.69) is 22.3 Å².